The molecule has 0 radical (unpaired) electrons. The van der Waals surface area contributed by atoms with E-state index in [0.717, 1.165) is 35.3 Å². The molecule has 1 atom stereocenters. The predicted molar refractivity (Wildman–Crippen MR) is 133 cm³/mol. The summed E-state index contributed by atoms with van der Waals surface area (Å²) in [5.74, 6) is 1.19. The van der Waals surface area contributed by atoms with Crippen molar-refractivity contribution >= 4 is 35.0 Å². The van der Waals surface area contributed by atoms with Crippen LogP contribution in [0.2, 0.25) is 5.02 Å². The minimum absolute atomic E-state index is 0.0677. The van der Waals surface area contributed by atoms with Gasteiger partial charge < -0.3 is 4.74 Å². The molecule has 3 aromatic rings. The lowest BCUT2D eigenvalue weighted by atomic mass is 10.0. The maximum absolute atomic E-state index is 13.3. The predicted octanol–water partition coefficient (Wildman–Crippen LogP) is 6.54. The molecule has 33 heavy (non-hydrogen) atoms. The van der Waals surface area contributed by atoms with E-state index in [9.17, 15) is 4.79 Å². The molecular weight excluding hydrogens is 456 g/mol. The Morgan fingerprint density at radius 1 is 1.15 bits per heavy atom. The van der Waals surface area contributed by atoms with Crippen molar-refractivity contribution in [3.05, 3.63) is 58.1 Å². The highest BCUT2D eigenvalue weighted by atomic mass is 35.5. The van der Waals surface area contributed by atoms with Gasteiger partial charge in [-0.25, -0.2) is 0 Å². The third-order valence-electron chi connectivity index (χ3n) is 5.56. The van der Waals surface area contributed by atoms with E-state index < -0.39 is 6.23 Å². The summed E-state index contributed by atoms with van der Waals surface area (Å²) < 4.78 is 6.50. The molecule has 0 N–H and O–H groups in total. The second-order valence-electron chi connectivity index (χ2n) is 8.06. The maximum Gasteiger partial charge on any atom is 0.247 e. The molecule has 1 amide bonds. The molecule has 6 nitrogen and oxygen atoms in total. The van der Waals surface area contributed by atoms with E-state index in [-0.39, 0.29) is 5.91 Å². The van der Waals surface area contributed by atoms with Crippen LogP contribution < -0.4 is 9.64 Å². The molecule has 0 aliphatic carbocycles. The number of carbonyl (C=O) groups is 1. The molecule has 0 saturated carbocycles. The van der Waals surface area contributed by atoms with E-state index in [0.29, 0.717) is 39.4 Å². The quantitative estimate of drug-likeness (QED) is 0.293. The van der Waals surface area contributed by atoms with Gasteiger partial charge >= 0.3 is 0 Å². The van der Waals surface area contributed by atoms with Crippen LogP contribution in [0.4, 0.5) is 5.69 Å². The van der Waals surface area contributed by atoms with Gasteiger partial charge in [0.2, 0.25) is 23.2 Å². The normalized spacial score (nSPS) is 14.8. The molecule has 2 heterocycles. The van der Waals surface area contributed by atoms with Crippen molar-refractivity contribution in [1.82, 2.24) is 15.2 Å². The standard InChI is InChI=1S/C25H27ClN4O2S/c1-5-7-12-33-25-27-23-22(28-29-25)19-14-17(26)9-11-20(19)30(21(31)6-2)24(32-23)18-10-8-15(3)13-16(18)4/h8-11,13-14,24H,5-7,12H2,1-4H3. The Morgan fingerprint density at radius 2 is 1.97 bits per heavy atom. The van der Waals surface area contributed by atoms with Crippen LogP contribution in [-0.4, -0.2) is 26.8 Å². The smallest absolute Gasteiger partial charge is 0.247 e. The van der Waals surface area contributed by atoms with Gasteiger partial charge in [-0.15, -0.1) is 10.2 Å². The zero-order valence-electron chi connectivity index (χ0n) is 19.3. The molecule has 1 aliphatic heterocycles. The number of amides is 1. The largest absolute Gasteiger partial charge is 0.447 e. The zero-order valence-corrected chi connectivity index (χ0v) is 20.8. The van der Waals surface area contributed by atoms with Gasteiger partial charge in [-0.2, -0.15) is 4.98 Å². The molecule has 0 bridgehead atoms. The van der Waals surface area contributed by atoms with Crippen molar-refractivity contribution in [3.8, 4) is 17.1 Å². The maximum atomic E-state index is 13.3. The summed E-state index contributed by atoms with van der Waals surface area (Å²) in [6.07, 6.45) is 1.79. The second kappa shape index (κ2) is 10.1. The number of hydrogen-bond acceptors (Lipinski definition) is 6. The molecule has 8 heteroatoms. The third kappa shape index (κ3) is 4.84. The molecule has 172 valence electrons. The lowest BCUT2D eigenvalue weighted by molar-refractivity contribution is -0.120. The lowest BCUT2D eigenvalue weighted by Gasteiger charge is -2.31. The fourth-order valence-electron chi connectivity index (χ4n) is 3.85. The summed E-state index contributed by atoms with van der Waals surface area (Å²) in [5, 5.41) is 9.89. The number of carbonyl (C=O) groups excluding carboxylic acids is 1. The highest BCUT2D eigenvalue weighted by Gasteiger charge is 2.36. The van der Waals surface area contributed by atoms with Crippen molar-refractivity contribution in [2.45, 2.75) is 58.3 Å². The topological polar surface area (TPSA) is 68.2 Å². The fraction of sp³-hybridized carbons (Fsp3) is 0.360. The number of ether oxygens (including phenoxy) is 1. The highest BCUT2D eigenvalue weighted by Crippen LogP contribution is 2.45. The Hall–Kier alpha value is -2.64. The lowest BCUT2D eigenvalue weighted by Crippen LogP contribution is -2.37. The average Bonchev–Trinajstić information content (AvgIpc) is 2.93. The van der Waals surface area contributed by atoms with Gasteiger partial charge in [-0.1, -0.05) is 67.4 Å². The molecule has 1 unspecified atom stereocenters. The Labute approximate surface area is 203 Å². The van der Waals surface area contributed by atoms with Crippen LogP contribution in [0.5, 0.6) is 5.88 Å². The Bertz CT molecular complexity index is 1190. The molecule has 0 saturated heterocycles. The summed E-state index contributed by atoms with van der Waals surface area (Å²) in [7, 11) is 0. The summed E-state index contributed by atoms with van der Waals surface area (Å²) in [5.41, 5.74) is 4.91. The Balaban J connectivity index is 1.91. The van der Waals surface area contributed by atoms with Crippen LogP contribution in [0.3, 0.4) is 0 Å². The van der Waals surface area contributed by atoms with Crippen LogP contribution in [0, 0.1) is 13.8 Å². The number of aromatic nitrogens is 3. The Morgan fingerprint density at radius 3 is 2.70 bits per heavy atom. The number of unbranched alkanes of at least 4 members (excludes halogenated alkanes) is 1. The van der Waals surface area contributed by atoms with E-state index in [4.69, 9.17) is 21.3 Å². The summed E-state index contributed by atoms with van der Waals surface area (Å²) in [6.45, 7) is 8.06. The van der Waals surface area contributed by atoms with Crippen molar-refractivity contribution in [2.24, 2.45) is 0 Å². The van der Waals surface area contributed by atoms with Gasteiger partial charge in [-0.05, 0) is 44.0 Å². The van der Waals surface area contributed by atoms with Gasteiger partial charge in [0.1, 0.15) is 0 Å². The first kappa shape index (κ1) is 23.5. The number of fused-ring (bicyclic) bond motifs is 3. The molecule has 0 spiro atoms. The Kier molecular flexibility index (Phi) is 7.20. The molecule has 4 rings (SSSR count). The number of benzene rings is 2. The minimum atomic E-state index is -0.690. The first-order valence-electron chi connectivity index (χ1n) is 11.2. The monoisotopic (exact) mass is 482 g/mol. The van der Waals surface area contributed by atoms with Crippen molar-refractivity contribution in [3.63, 3.8) is 0 Å². The first-order chi connectivity index (χ1) is 15.9. The molecule has 2 aromatic carbocycles. The van der Waals surface area contributed by atoms with Crippen molar-refractivity contribution < 1.29 is 9.53 Å². The number of rotatable bonds is 6. The van der Waals surface area contributed by atoms with E-state index in [1.165, 1.54) is 0 Å². The van der Waals surface area contributed by atoms with Crippen LogP contribution in [0.15, 0.2) is 41.6 Å². The number of halogens is 1. The van der Waals surface area contributed by atoms with Crippen molar-refractivity contribution in [2.75, 3.05) is 10.7 Å². The van der Waals surface area contributed by atoms with Crippen molar-refractivity contribution in [1.29, 1.82) is 0 Å². The van der Waals surface area contributed by atoms with Crippen LogP contribution in [0.1, 0.15) is 56.0 Å². The number of hydrogen-bond donors (Lipinski definition) is 0. The molecular formula is C25H27ClN4O2S. The number of aryl methyl sites for hydroxylation is 2. The fourth-order valence-corrected chi connectivity index (χ4v) is 4.89. The summed E-state index contributed by atoms with van der Waals surface area (Å²) in [6, 6.07) is 11.5. The molecule has 1 aromatic heterocycles. The van der Waals surface area contributed by atoms with E-state index >= 15 is 0 Å². The van der Waals surface area contributed by atoms with Crippen LogP contribution in [-0.2, 0) is 4.79 Å². The molecule has 1 aliphatic rings. The van der Waals surface area contributed by atoms with E-state index in [1.54, 1.807) is 28.8 Å². The SMILES string of the molecule is CCCCSc1nnc2c(n1)OC(c1ccc(C)cc1C)N(C(=O)CC)c1ccc(Cl)cc1-2. The van der Waals surface area contributed by atoms with Gasteiger partial charge in [0.25, 0.3) is 0 Å². The second-order valence-corrected chi connectivity index (χ2v) is 9.56. The first-order valence-corrected chi connectivity index (χ1v) is 12.5. The number of anilines is 1. The van der Waals surface area contributed by atoms with Gasteiger partial charge in [0.05, 0.1) is 5.69 Å². The molecule has 0 fully saturated rings. The van der Waals surface area contributed by atoms with Crippen LogP contribution in [0.25, 0.3) is 11.3 Å². The van der Waals surface area contributed by atoms with Gasteiger partial charge in [0, 0.05) is 28.3 Å². The van der Waals surface area contributed by atoms with Crippen LogP contribution >= 0.6 is 23.4 Å². The van der Waals surface area contributed by atoms with Gasteiger partial charge in [0.15, 0.2) is 5.69 Å². The highest BCUT2D eigenvalue weighted by molar-refractivity contribution is 7.99. The summed E-state index contributed by atoms with van der Waals surface area (Å²) in [4.78, 5) is 19.7. The third-order valence-corrected chi connectivity index (χ3v) is 6.72. The average molecular weight is 483 g/mol. The number of thioether (sulfide) groups is 1. The van der Waals surface area contributed by atoms with E-state index in [1.807, 2.05) is 39.0 Å². The zero-order chi connectivity index (χ0) is 23.5. The number of nitrogens with zero attached hydrogens (tertiary/aromatic N) is 4. The van der Waals surface area contributed by atoms with E-state index in [2.05, 4.69) is 23.2 Å². The summed E-state index contributed by atoms with van der Waals surface area (Å²) >= 11 is 7.90. The van der Waals surface area contributed by atoms with Gasteiger partial charge in [-0.3, -0.25) is 9.69 Å². The minimum Gasteiger partial charge on any atom is -0.447 e.